The van der Waals surface area contributed by atoms with Crippen molar-refractivity contribution in [3.63, 3.8) is 0 Å². The highest BCUT2D eigenvalue weighted by Crippen LogP contribution is 2.64. The third-order valence-electron chi connectivity index (χ3n) is 8.25. The van der Waals surface area contributed by atoms with Gasteiger partial charge in [-0.2, -0.15) is 0 Å². The maximum atomic E-state index is 14.4. The van der Waals surface area contributed by atoms with Gasteiger partial charge in [-0.15, -0.1) is 0 Å². The summed E-state index contributed by atoms with van der Waals surface area (Å²) in [6.45, 7) is 0. The van der Waals surface area contributed by atoms with Crippen molar-refractivity contribution in [2.75, 3.05) is 4.90 Å². The van der Waals surface area contributed by atoms with Gasteiger partial charge in [0.05, 0.1) is 27.9 Å². The number of hydrogen-bond acceptors (Lipinski definition) is 5. The number of carbonyl (C=O) groups is 2. The molecule has 1 saturated heterocycles. The Hall–Kier alpha value is -4.62. The number of nitrogens with zero attached hydrogens (tertiary/aromatic N) is 3. The van der Waals surface area contributed by atoms with Crippen molar-refractivity contribution in [3.05, 3.63) is 134 Å². The fraction of sp³-hybridized carbons (Fsp3) is 0.129. The fourth-order valence-electron chi connectivity index (χ4n) is 6.80. The van der Waals surface area contributed by atoms with E-state index in [9.17, 15) is 19.7 Å². The Morgan fingerprint density at radius 1 is 0.821 bits per heavy atom. The largest absolute Gasteiger partial charge is 0.293 e. The Morgan fingerprint density at radius 3 is 2.05 bits per heavy atom. The smallest absolute Gasteiger partial charge is 0.274 e. The summed E-state index contributed by atoms with van der Waals surface area (Å²) in [6.07, 6.45) is 1.79. The average molecular weight is 534 g/mol. The van der Waals surface area contributed by atoms with E-state index in [4.69, 9.17) is 16.6 Å². The second kappa shape index (κ2) is 8.44. The summed E-state index contributed by atoms with van der Waals surface area (Å²) in [4.78, 5) is 45.8. The number of imide groups is 1. The minimum atomic E-state index is -1.06. The van der Waals surface area contributed by atoms with Crippen LogP contribution in [0.1, 0.15) is 28.2 Å². The second-order valence-electron chi connectivity index (χ2n) is 10.0. The van der Waals surface area contributed by atoms with Gasteiger partial charge in [0.15, 0.2) is 0 Å². The van der Waals surface area contributed by atoms with Gasteiger partial charge in [-0.1, -0.05) is 72.3 Å². The first-order valence-corrected chi connectivity index (χ1v) is 12.9. The van der Waals surface area contributed by atoms with Gasteiger partial charge in [-0.25, -0.2) is 4.90 Å². The van der Waals surface area contributed by atoms with Gasteiger partial charge >= 0.3 is 0 Å². The van der Waals surface area contributed by atoms with Crippen LogP contribution >= 0.6 is 11.6 Å². The summed E-state index contributed by atoms with van der Waals surface area (Å²) >= 11 is 6.09. The Morgan fingerprint density at radius 2 is 1.41 bits per heavy atom. The molecule has 3 aliphatic carbocycles. The van der Waals surface area contributed by atoms with Gasteiger partial charge in [0.2, 0.25) is 11.8 Å². The van der Waals surface area contributed by atoms with E-state index in [1.54, 1.807) is 36.5 Å². The van der Waals surface area contributed by atoms with Gasteiger partial charge in [0.25, 0.3) is 5.69 Å². The quantitative estimate of drug-likeness (QED) is 0.135. The lowest BCUT2D eigenvalue weighted by atomic mass is 9.47. The lowest BCUT2D eigenvalue weighted by molar-refractivity contribution is -0.384. The molecule has 39 heavy (non-hydrogen) atoms. The Bertz CT molecular complexity index is 1680. The third-order valence-corrected chi connectivity index (χ3v) is 8.50. The molecule has 0 N–H and O–H groups in total. The van der Waals surface area contributed by atoms with Crippen LogP contribution in [0.2, 0.25) is 5.02 Å². The standard InChI is InChI=1S/C31H20ClN3O4/c32-18-13-15-19(16-14-18)33-17-31-22-9-3-1-7-20(22)26(21-8-2-4-10-23(21)31)27-28(31)30(37)34(29(27)36)24-11-5-6-12-25(24)35(38)39/h1-17,26-28H/t26?,27-,28+,31?/m1/s1. The molecule has 4 aliphatic rings. The van der Waals surface area contributed by atoms with Crippen LogP contribution < -0.4 is 4.90 Å². The highest BCUT2D eigenvalue weighted by atomic mass is 35.5. The van der Waals surface area contributed by atoms with Gasteiger partial charge in [0, 0.05) is 23.2 Å². The molecule has 2 amide bonds. The molecule has 7 nitrogen and oxygen atoms in total. The number of aliphatic imine (C=N–C) groups is 1. The summed E-state index contributed by atoms with van der Waals surface area (Å²) in [5, 5.41) is 12.5. The van der Waals surface area contributed by atoms with Gasteiger partial charge in [-0.3, -0.25) is 24.7 Å². The first-order chi connectivity index (χ1) is 18.9. The van der Waals surface area contributed by atoms with Crippen molar-refractivity contribution in [1.82, 2.24) is 0 Å². The number of para-hydroxylation sites is 2. The van der Waals surface area contributed by atoms with Crippen LogP contribution in [0.15, 0.2) is 102 Å². The molecule has 1 fully saturated rings. The number of halogens is 1. The molecule has 2 bridgehead atoms. The minimum Gasteiger partial charge on any atom is -0.274 e. The van der Waals surface area contributed by atoms with Crippen LogP contribution in [0.5, 0.6) is 0 Å². The topological polar surface area (TPSA) is 92.9 Å². The molecule has 0 aromatic heterocycles. The molecule has 4 aromatic carbocycles. The molecule has 2 atom stereocenters. The molecule has 1 aliphatic heterocycles. The lowest BCUT2D eigenvalue weighted by Crippen LogP contribution is -2.54. The van der Waals surface area contributed by atoms with Gasteiger partial charge in [0.1, 0.15) is 5.69 Å². The predicted octanol–water partition coefficient (Wildman–Crippen LogP) is 6.20. The molecular weight excluding hydrogens is 514 g/mol. The number of nitro benzene ring substituents is 1. The van der Waals surface area contributed by atoms with Crippen LogP contribution in [0.4, 0.5) is 17.1 Å². The maximum absolute atomic E-state index is 14.4. The summed E-state index contributed by atoms with van der Waals surface area (Å²) in [6, 6.07) is 28.7. The number of hydrogen-bond donors (Lipinski definition) is 0. The summed E-state index contributed by atoms with van der Waals surface area (Å²) in [7, 11) is 0. The molecule has 8 rings (SSSR count). The molecular formula is C31H20ClN3O4. The molecule has 0 unspecified atom stereocenters. The van der Waals surface area contributed by atoms with Crippen molar-refractivity contribution in [3.8, 4) is 0 Å². The molecule has 0 saturated carbocycles. The number of carbonyl (C=O) groups excluding carboxylic acids is 2. The first-order valence-electron chi connectivity index (χ1n) is 12.5. The SMILES string of the molecule is O=C1[C@@H]2C3c4ccccc4C(C=Nc4ccc(Cl)cc4)(c4ccccc43)[C@@H]2C(=O)N1c1ccccc1[N+](=O)[O-]. The molecule has 1 heterocycles. The van der Waals surface area contributed by atoms with E-state index in [1.165, 1.54) is 18.2 Å². The van der Waals surface area contributed by atoms with Crippen LogP contribution in [0, 0.1) is 22.0 Å². The van der Waals surface area contributed by atoms with Crippen LogP contribution in [-0.2, 0) is 15.0 Å². The maximum Gasteiger partial charge on any atom is 0.293 e. The number of nitro groups is 1. The lowest BCUT2D eigenvalue weighted by Gasteiger charge is -2.52. The zero-order chi connectivity index (χ0) is 26.9. The van der Waals surface area contributed by atoms with Crippen molar-refractivity contribution in [2.24, 2.45) is 16.8 Å². The Kier molecular flexibility index (Phi) is 5.09. The normalized spacial score (nSPS) is 24.5. The van der Waals surface area contributed by atoms with Crippen molar-refractivity contribution in [2.45, 2.75) is 11.3 Å². The summed E-state index contributed by atoms with van der Waals surface area (Å²) in [5.41, 5.74) is 3.05. The van der Waals surface area contributed by atoms with E-state index in [0.717, 1.165) is 27.2 Å². The van der Waals surface area contributed by atoms with E-state index in [2.05, 4.69) is 0 Å². The number of rotatable bonds is 4. The third kappa shape index (κ3) is 3.14. The molecule has 190 valence electrons. The molecule has 0 radical (unpaired) electrons. The summed E-state index contributed by atoms with van der Waals surface area (Å²) in [5.74, 6) is -2.82. The highest BCUT2D eigenvalue weighted by Gasteiger charge is 2.68. The number of amides is 2. The Balaban J connectivity index is 1.50. The van der Waals surface area contributed by atoms with E-state index in [-0.39, 0.29) is 17.3 Å². The predicted molar refractivity (Wildman–Crippen MR) is 148 cm³/mol. The average Bonchev–Trinajstić information content (AvgIpc) is 3.23. The molecule has 8 heteroatoms. The van der Waals surface area contributed by atoms with Gasteiger partial charge in [-0.05, 0) is 52.6 Å². The molecule has 0 spiro atoms. The first kappa shape index (κ1) is 23.5. The monoisotopic (exact) mass is 533 g/mol. The van der Waals surface area contributed by atoms with Crippen LogP contribution in [0.25, 0.3) is 0 Å². The van der Waals surface area contributed by atoms with Crippen LogP contribution in [-0.4, -0.2) is 23.0 Å². The minimum absolute atomic E-state index is 0.01000. The highest BCUT2D eigenvalue weighted by molar-refractivity contribution is 6.30. The zero-order valence-electron chi connectivity index (χ0n) is 20.4. The van der Waals surface area contributed by atoms with Crippen molar-refractivity contribution >= 4 is 46.7 Å². The summed E-state index contributed by atoms with van der Waals surface area (Å²) < 4.78 is 0. The second-order valence-corrected chi connectivity index (χ2v) is 10.5. The van der Waals surface area contributed by atoms with Gasteiger partial charge < -0.3 is 0 Å². The van der Waals surface area contributed by atoms with E-state index >= 15 is 0 Å². The van der Waals surface area contributed by atoms with E-state index in [0.29, 0.717) is 10.7 Å². The van der Waals surface area contributed by atoms with E-state index < -0.39 is 34.0 Å². The molecule has 4 aromatic rings. The fourth-order valence-corrected chi connectivity index (χ4v) is 6.92. The number of anilines is 1. The number of benzene rings is 4. The van der Waals surface area contributed by atoms with Crippen LogP contribution in [0.3, 0.4) is 0 Å². The van der Waals surface area contributed by atoms with Crippen molar-refractivity contribution in [1.29, 1.82) is 0 Å². The van der Waals surface area contributed by atoms with E-state index in [1.807, 2.05) is 48.5 Å². The van der Waals surface area contributed by atoms with Crippen molar-refractivity contribution < 1.29 is 14.5 Å². The Labute approximate surface area is 228 Å². The zero-order valence-corrected chi connectivity index (χ0v) is 21.2.